The predicted octanol–water partition coefficient (Wildman–Crippen LogP) is 1.50. The number of carbonyl (C=O) groups excluding carboxylic acids is 3. The van der Waals surface area contributed by atoms with Crippen LogP contribution in [-0.2, 0) is 31.4 Å². The Labute approximate surface area is 180 Å². The van der Waals surface area contributed by atoms with E-state index in [1.807, 2.05) is 25.3 Å². The number of amides is 4. The average Bonchev–Trinajstić information content (AvgIpc) is 3.34. The minimum atomic E-state index is -3.16. The molecule has 1 aromatic rings. The summed E-state index contributed by atoms with van der Waals surface area (Å²) >= 11 is 1.58. The summed E-state index contributed by atoms with van der Waals surface area (Å²) in [6, 6.07) is 0.922. The van der Waals surface area contributed by atoms with Crippen molar-refractivity contribution in [2.45, 2.75) is 51.1 Å². The number of hydrogen-bond donors (Lipinski definition) is 1. The zero-order valence-corrected chi connectivity index (χ0v) is 18.9. The molecule has 164 valence electrons. The molecule has 1 aliphatic carbocycles. The largest absolute Gasteiger partial charge is 0.337 e. The molecule has 1 aromatic heterocycles. The summed E-state index contributed by atoms with van der Waals surface area (Å²) in [4.78, 5) is 42.9. The smallest absolute Gasteiger partial charge is 0.325 e. The van der Waals surface area contributed by atoms with Crippen LogP contribution in [0.4, 0.5) is 4.79 Å². The molecule has 10 heteroatoms. The number of fused-ring (bicyclic) bond motifs is 2. The molecule has 3 aliphatic rings. The van der Waals surface area contributed by atoms with Gasteiger partial charge in [0.1, 0.15) is 12.1 Å². The van der Waals surface area contributed by atoms with E-state index in [0.29, 0.717) is 19.4 Å². The lowest BCUT2D eigenvalue weighted by Gasteiger charge is -2.32. The summed E-state index contributed by atoms with van der Waals surface area (Å²) in [7, 11) is -3.16. The summed E-state index contributed by atoms with van der Waals surface area (Å²) in [5.74, 6) is -0.629. The Morgan fingerprint density at radius 1 is 1.40 bits per heavy atom. The number of carbonyl (C=O) groups is 3. The Morgan fingerprint density at radius 2 is 2.17 bits per heavy atom. The third-order valence-electron chi connectivity index (χ3n) is 6.16. The molecule has 0 bridgehead atoms. The standard InChI is InChI=1S/C20H27N3O5S2/c1-13(2)10-22(14-6-9-30(27,28)12-14)17(24)11-23-18(25)20(21-19(23)26)7-3-4-16-15(20)5-8-29-16/h5,8,13-14H,3-4,6-7,9-12H2,1-2H3,(H,21,26)/t14-,20-/m0/s1. The lowest BCUT2D eigenvalue weighted by atomic mass is 9.80. The van der Waals surface area contributed by atoms with Gasteiger partial charge in [0.2, 0.25) is 5.91 Å². The lowest BCUT2D eigenvalue weighted by molar-refractivity contribution is -0.140. The van der Waals surface area contributed by atoms with Crippen molar-refractivity contribution in [1.82, 2.24) is 15.1 Å². The van der Waals surface area contributed by atoms with Gasteiger partial charge >= 0.3 is 6.03 Å². The van der Waals surface area contributed by atoms with E-state index in [9.17, 15) is 22.8 Å². The van der Waals surface area contributed by atoms with Gasteiger partial charge in [-0.25, -0.2) is 13.2 Å². The third-order valence-corrected chi connectivity index (χ3v) is 8.89. The van der Waals surface area contributed by atoms with Crippen LogP contribution in [0.15, 0.2) is 11.4 Å². The van der Waals surface area contributed by atoms with E-state index in [-0.39, 0.29) is 35.8 Å². The fraction of sp³-hybridized carbons (Fsp3) is 0.650. The number of rotatable bonds is 5. The highest BCUT2D eigenvalue weighted by atomic mass is 32.2. The van der Waals surface area contributed by atoms with Gasteiger partial charge in [0.25, 0.3) is 5.91 Å². The summed E-state index contributed by atoms with van der Waals surface area (Å²) in [6.07, 6.45) is 2.58. The van der Waals surface area contributed by atoms with Gasteiger partial charge in [-0.2, -0.15) is 0 Å². The second-order valence-corrected chi connectivity index (χ2v) is 12.1. The van der Waals surface area contributed by atoms with Gasteiger partial charge in [-0.1, -0.05) is 13.8 Å². The van der Waals surface area contributed by atoms with Gasteiger partial charge in [-0.3, -0.25) is 14.5 Å². The molecule has 8 nitrogen and oxygen atoms in total. The maximum atomic E-state index is 13.3. The molecular weight excluding hydrogens is 426 g/mol. The maximum absolute atomic E-state index is 13.3. The first kappa shape index (κ1) is 21.3. The van der Waals surface area contributed by atoms with Gasteiger partial charge in [0.15, 0.2) is 9.84 Å². The maximum Gasteiger partial charge on any atom is 0.325 e. The summed E-state index contributed by atoms with van der Waals surface area (Å²) in [5.41, 5.74) is -0.238. The van der Waals surface area contributed by atoms with E-state index in [4.69, 9.17) is 0 Å². The highest BCUT2D eigenvalue weighted by Crippen LogP contribution is 2.42. The molecular formula is C20H27N3O5S2. The third kappa shape index (κ3) is 3.64. The first-order valence-corrected chi connectivity index (χ1v) is 13.0. The predicted molar refractivity (Wildman–Crippen MR) is 113 cm³/mol. The highest BCUT2D eigenvalue weighted by molar-refractivity contribution is 7.91. The topological polar surface area (TPSA) is 104 Å². The van der Waals surface area contributed by atoms with Crippen molar-refractivity contribution in [2.75, 3.05) is 24.6 Å². The van der Waals surface area contributed by atoms with E-state index in [1.54, 1.807) is 16.2 Å². The van der Waals surface area contributed by atoms with Crippen molar-refractivity contribution in [3.05, 3.63) is 21.9 Å². The van der Waals surface area contributed by atoms with Crippen molar-refractivity contribution in [2.24, 2.45) is 5.92 Å². The van der Waals surface area contributed by atoms with Crippen LogP contribution in [-0.4, -0.2) is 66.7 Å². The van der Waals surface area contributed by atoms with Crippen molar-refractivity contribution in [3.63, 3.8) is 0 Å². The zero-order valence-electron chi connectivity index (χ0n) is 17.2. The highest BCUT2D eigenvalue weighted by Gasteiger charge is 2.55. The van der Waals surface area contributed by atoms with E-state index in [0.717, 1.165) is 28.2 Å². The molecule has 1 spiro atoms. The van der Waals surface area contributed by atoms with E-state index in [1.165, 1.54) is 0 Å². The zero-order chi connectivity index (χ0) is 21.7. The van der Waals surface area contributed by atoms with Crippen LogP contribution < -0.4 is 5.32 Å². The number of sulfone groups is 1. The van der Waals surface area contributed by atoms with Gasteiger partial charge in [0.05, 0.1) is 11.5 Å². The number of hydrogen-bond acceptors (Lipinski definition) is 6. The van der Waals surface area contributed by atoms with E-state index in [2.05, 4.69) is 5.32 Å². The Balaban J connectivity index is 1.55. The molecule has 0 radical (unpaired) electrons. The molecule has 2 aliphatic heterocycles. The molecule has 1 N–H and O–H groups in total. The SMILES string of the molecule is CC(C)CN(C(=O)CN1C(=O)N[C@]2(CCCc3sccc32)C1=O)[C@H]1CCS(=O)(=O)C1. The molecule has 2 fully saturated rings. The van der Waals surface area contributed by atoms with Crippen LogP contribution in [0.25, 0.3) is 0 Å². The van der Waals surface area contributed by atoms with Crippen LogP contribution in [0.1, 0.15) is 43.6 Å². The Hall–Kier alpha value is -1.94. The molecule has 0 aromatic carbocycles. The molecule has 4 rings (SSSR count). The molecule has 2 atom stereocenters. The second kappa shape index (κ2) is 7.64. The van der Waals surface area contributed by atoms with E-state index < -0.39 is 27.4 Å². The van der Waals surface area contributed by atoms with Crippen LogP contribution in [0.2, 0.25) is 0 Å². The van der Waals surface area contributed by atoms with Crippen LogP contribution in [0, 0.1) is 5.92 Å². The molecule has 0 saturated carbocycles. The number of nitrogens with zero attached hydrogens (tertiary/aromatic N) is 2. The average molecular weight is 454 g/mol. The summed E-state index contributed by atoms with van der Waals surface area (Å²) in [5, 5.41) is 4.78. The first-order chi connectivity index (χ1) is 14.1. The number of imide groups is 1. The molecule has 3 heterocycles. The minimum Gasteiger partial charge on any atom is -0.337 e. The van der Waals surface area contributed by atoms with Gasteiger partial charge in [-0.15, -0.1) is 11.3 Å². The number of aryl methyl sites for hydroxylation is 1. The first-order valence-electron chi connectivity index (χ1n) is 10.3. The number of urea groups is 1. The number of nitrogens with one attached hydrogen (secondary N) is 1. The summed E-state index contributed by atoms with van der Waals surface area (Å²) in [6.45, 7) is 3.93. The van der Waals surface area contributed by atoms with Crippen molar-refractivity contribution in [1.29, 1.82) is 0 Å². The Bertz CT molecular complexity index is 986. The number of thiophene rings is 1. The molecule has 30 heavy (non-hydrogen) atoms. The minimum absolute atomic E-state index is 0.0617. The van der Waals surface area contributed by atoms with Crippen LogP contribution in [0.5, 0.6) is 0 Å². The molecule has 2 saturated heterocycles. The fourth-order valence-electron chi connectivity index (χ4n) is 4.78. The molecule has 4 amide bonds. The van der Waals surface area contributed by atoms with Crippen molar-refractivity contribution < 1.29 is 22.8 Å². The Morgan fingerprint density at radius 3 is 2.83 bits per heavy atom. The second-order valence-electron chi connectivity index (χ2n) is 8.83. The van der Waals surface area contributed by atoms with Gasteiger partial charge < -0.3 is 10.2 Å². The van der Waals surface area contributed by atoms with Gasteiger partial charge in [-0.05, 0) is 43.0 Å². The van der Waals surface area contributed by atoms with E-state index >= 15 is 0 Å². The van der Waals surface area contributed by atoms with Crippen molar-refractivity contribution in [3.8, 4) is 0 Å². The van der Waals surface area contributed by atoms with Gasteiger partial charge in [0, 0.05) is 23.0 Å². The normalized spacial score (nSPS) is 27.6. The monoisotopic (exact) mass is 453 g/mol. The molecule has 0 unspecified atom stereocenters. The van der Waals surface area contributed by atoms with Crippen LogP contribution in [0.3, 0.4) is 0 Å². The van der Waals surface area contributed by atoms with Crippen LogP contribution >= 0.6 is 11.3 Å². The Kier molecular flexibility index (Phi) is 5.42. The fourth-order valence-corrected chi connectivity index (χ4v) is 7.51. The summed E-state index contributed by atoms with van der Waals surface area (Å²) < 4.78 is 23.9. The lowest BCUT2D eigenvalue weighted by Crippen LogP contribution is -2.50. The quantitative estimate of drug-likeness (QED) is 0.681. The van der Waals surface area contributed by atoms with Crippen molar-refractivity contribution >= 4 is 39.0 Å².